The van der Waals surface area contributed by atoms with Gasteiger partial charge < -0.3 is 31.0 Å². The molecule has 0 bridgehead atoms. The van der Waals surface area contributed by atoms with Crippen LogP contribution in [0.25, 0.3) is 0 Å². The van der Waals surface area contributed by atoms with Gasteiger partial charge in [0.15, 0.2) is 0 Å². The number of thiol groups is 1. The number of aldehydes is 1. The number of likely N-dealkylation sites (tertiary alicyclic amines) is 1. The van der Waals surface area contributed by atoms with Crippen LogP contribution in [0.15, 0.2) is 0 Å². The normalized spacial score (nSPS) is 17.7. The third kappa shape index (κ3) is 18.7. The summed E-state index contributed by atoms with van der Waals surface area (Å²) >= 11 is 5.16. The number of hydrogen-bond acceptors (Lipinski definition) is 9. The van der Waals surface area contributed by atoms with E-state index in [1.807, 2.05) is 34.6 Å². The highest BCUT2D eigenvalue weighted by molar-refractivity contribution is 8.02. The molecule has 0 spiro atoms. The number of carbonyl (C=O) groups is 6. The molecule has 1 heterocycles. The number of nitrogens with two attached hydrogens (primary N) is 1. The summed E-state index contributed by atoms with van der Waals surface area (Å²) in [4.78, 5) is 73.0. The van der Waals surface area contributed by atoms with Gasteiger partial charge in [0, 0.05) is 24.9 Å². The topological polar surface area (TPSA) is 171 Å². The number of carbonyl (C=O) groups excluding carboxylic acids is 6. The zero-order valence-corrected chi connectivity index (χ0v) is 31.5. The monoisotopic (exact) mass is 690 g/mol. The molecule has 0 aromatic carbocycles. The molecule has 3 unspecified atom stereocenters. The molecule has 1 aliphatic heterocycles. The number of urea groups is 1. The maximum atomic E-state index is 12.9. The van der Waals surface area contributed by atoms with E-state index in [-0.39, 0.29) is 24.4 Å². The first-order valence-corrected chi connectivity index (χ1v) is 18.0. The maximum Gasteiger partial charge on any atom is 0.315 e. The Balaban J connectivity index is 0. The Labute approximate surface area is 287 Å². The van der Waals surface area contributed by atoms with Crippen molar-refractivity contribution in [3.63, 3.8) is 0 Å². The van der Waals surface area contributed by atoms with Crippen LogP contribution in [0.1, 0.15) is 114 Å². The quantitative estimate of drug-likeness (QED) is 0.0935. The summed E-state index contributed by atoms with van der Waals surface area (Å²) in [5.41, 5.74) is 4.30. The van der Waals surface area contributed by atoms with Crippen LogP contribution in [0, 0.1) is 5.41 Å². The Kier molecular flexibility index (Phi) is 24.7. The van der Waals surface area contributed by atoms with Crippen molar-refractivity contribution in [1.29, 1.82) is 0 Å². The zero-order valence-electron chi connectivity index (χ0n) is 29.8. The summed E-state index contributed by atoms with van der Waals surface area (Å²) in [7, 11) is 1.73. The van der Waals surface area contributed by atoms with Crippen LogP contribution in [-0.2, 0) is 24.0 Å². The van der Waals surface area contributed by atoms with E-state index in [2.05, 4.69) is 55.9 Å². The highest BCUT2D eigenvalue weighted by Crippen LogP contribution is 2.36. The van der Waals surface area contributed by atoms with Crippen LogP contribution in [-0.4, -0.2) is 94.5 Å². The highest BCUT2D eigenvalue weighted by atomic mass is 32.2. The number of primary amides is 1. The minimum Gasteiger partial charge on any atom is -0.363 e. The molecule has 1 saturated heterocycles. The largest absolute Gasteiger partial charge is 0.363 e. The molecule has 3 rings (SSSR count). The van der Waals surface area contributed by atoms with E-state index in [1.54, 1.807) is 11.9 Å². The second-order valence-corrected chi connectivity index (χ2v) is 13.9. The van der Waals surface area contributed by atoms with Gasteiger partial charge in [0.25, 0.3) is 5.91 Å². The van der Waals surface area contributed by atoms with Gasteiger partial charge in [-0.15, -0.1) is 11.8 Å². The number of amides is 5. The number of rotatable bonds is 11. The molecule has 0 radical (unpaired) electrons. The van der Waals surface area contributed by atoms with Crippen molar-refractivity contribution >= 4 is 60.4 Å². The van der Waals surface area contributed by atoms with Gasteiger partial charge >= 0.3 is 6.03 Å². The number of Topliss-reactive ketones (excluding diaryl/α,β-unsaturated/α-hetero) is 1. The van der Waals surface area contributed by atoms with E-state index in [1.165, 1.54) is 29.5 Å². The highest BCUT2D eigenvalue weighted by Gasteiger charge is 2.39. The van der Waals surface area contributed by atoms with Crippen molar-refractivity contribution in [2.24, 2.45) is 11.1 Å². The summed E-state index contributed by atoms with van der Waals surface area (Å²) in [6.07, 6.45) is 8.93. The van der Waals surface area contributed by atoms with Gasteiger partial charge in [-0.2, -0.15) is 0 Å². The van der Waals surface area contributed by atoms with Gasteiger partial charge in [-0.3, -0.25) is 19.2 Å². The molecule has 2 saturated carbocycles. The minimum absolute atomic E-state index is 0.107. The number of nitrogens with one attached hydrogen (secondary N) is 3. The average molecular weight is 691 g/mol. The fraction of sp³-hybridized carbons (Fsp3) is 0.812. The third-order valence-electron chi connectivity index (χ3n) is 6.47. The van der Waals surface area contributed by atoms with E-state index >= 15 is 0 Å². The van der Waals surface area contributed by atoms with Crippen molar-refractivity contribution in [2.75, 3.05) is 20.1 Å². The summed E-state index contributed by atoms with van der Waals surface area (Å²) < 4.78 is 2.46. The summed E-state index contributed by atoms with van der Waals surface area (Å²) in [6, 6.07) is -1.48. The third-order valence-corrected chi connectivity index (χ3v) is 8.36. The molecule has 3 aliphatic rings. The smallest absolute Gasteiger partial charge is 0.315 e. The van der Waals surface area contributed by atoms with E-state index in [4.69, 9.17) is 5.73 Å². The van der Waals surface area contributed by atoms with Gasteiger partial charge in [-0.05, 0) is 43.9 Å². The predicted molar refractivity (Wildman–Crippen MR) is 190 cm³/mol. The average Bonchev–Trinajstić information content (AvgIpc) is 3.96. The fourth-order valence-electron chi connectivity index (χ4n) is 3.83. The molecule has 268 valence electrons. The molecule has 46 heavy (non-hydrogen) atoms. The van der Waals surface area contributed by atoms with Gasteiger partial charge in [-0.1, -0.05) is 88.0 Å². The van der Waals surface area contributed by atoms with Crippen molar-refractivity contribution < 1.29 is 28.8 Å². The maximum absolute atomic E-state index is 12.9. The van der Waals surface area contributed by atoms with E-state index in [9.17, 15) is 28.8 Å². The Hall–Kier alpha value is -2.32. The lowest BCUT2D eigenvalue weighted by Gasteiger charge is -2.34. The first-order chi connectivity index (χ1) is 21.6. The van der Waals surface area contributed by atoms with Crippen molar-refractivity contribution in [1.82, 2.24) is 25.2 Å². The molecule has 14 heteroatoms. The molecular weight excluding hydrogens is 629 g/mol. The lowest BCUT2D eigenvalue weighted by atomic mass is 9.85. The second kappa shape index (κ2) is 24.8. The number of nitrogens with zero attached hydrogens (tertiary/aromatic N) is 2. The number of likely N-dealkylation sites (N-methyl/N-ethyl adjacent to an activating group) is 1. The Morgan fingerprint density at radius 3 is 1.91 bits per heavy atom. The molecule has 0 aromatic heterocycles. The number of ketones is 1. The van der Waals surface area contributed by atoms with E-state index < -0.39 is 40.6 Å². The van der Waals surface area contributed by atoms with Crippen molar-refractivity contribution in [3.05, 3.63) is 0 Å². The van der Waals surface area contributed by atoms with Crippen LogP contribution in [0.3, 0.4) is 0 Å². The molecule has 3 fully saturated rings. The second-order valence-electron chi connectivity index (χ2n) is 12.2. The van der Waals surface area contributed by atoms with Crippen molar-refractivity contribution in [3.8, 4) is 0 Å². The summed E-state index contributed by atoms with van der Waals surface area (Å²) in [5, 5.41) is 5.13. The van der Waals surface area contributed by atoms with Gasteiger partial charge in [0.05, 0.1) is 12.6 Å². The first kappa shape index (κ1) is 45.8. The molecule has 12 nitrogen and oxygen atoms in total. The van der Waals surface area contributed by atoms with E-state index in [0.29, 0.717) is 18.2 Å². The molecule has 3 atom stereocenters. The van der Waals surface area contributed by atoms with Gasteiger partial charge in [0.1, 0.15) is 17.7 Å². The Morgan fingerprint density at radius 2 is 1.52 bits per heavy atom. The summed E-state index contributed by atoms with van der Waals surface area (Å²) in [5.74, 6) is -1.93. The lowest BCUT2D eigenvalue weighted by Crippen LogP contribution is -2.58. The SMILES string of the molecule is CC.CCC.CCC.CN(C(=O)CNC(=O)NC(C(=O)N1CCCC1C=O)C(C)(C)C)C1CC1.NC(=O)C(=O)C(NS)SC1CC1. The van der Waals surface area contributed by atoms with Crippen LogP contribution >= 0.6 is 24.6 Å². The number of hydrogen-bond donors (Lipinski definition) is 5. The van der Waals surface area contributed by atoms with Crippen LogP contribution < -0.4 is 21.1 Å². The predicted octanol–water partition coefficient (Wildman–Crippen LogP) is 4.07. The van der Waals surface area contributed by atoms with Crippen molar-refractivity contribution in [2.45, 2.75) is 142 Å². The molecular formula is C32H62N6O6S2. The first-order valence-electron chi connectivity index (χ1n) is 16.6. The minimum atomic E-state index is -0.908. The van der Waals surface area contributed by atoms with Gasteiger partial charge in [-0.25, -0.2) is 9.52 Å². The van der Waals surface area contributed by atoms with Crippen LogP contribution in [0.2, 0.25) is 0 Å². The molecule has 0 aromatic rings. The Morgan fingerprint density at radius 1 is 1.00 bits per heavy atom. The molecule has 5 amide bonds. The number of thioether (sulfide) groups is 1. The van der Waals surface area contributed by atoms with Crippen LogP contribution in [0.5, 0.6) is 0 Å². The standard InChI is InChI=1S/C18H30N4O4.C6H10N2O2S2.2C3H8.C2H6/c1-18(2,3)15(16(25)22-9-5-6-13(22)11-23)20-17(26)19-10-14(24)21(4)12-7-8-12;7-5(10)4(9)6(8-11)12-3-1-2-3;2*1-3-2;1-2/h11-13,15H,5-10H2,1-4H3,(H2,19,20,26);3,6,8,11H,1-2H2,(H2,7,10);2*3H2,1-2H3;1-2H3. The zero-order chi connectivity index (χ0) is 36.0. The fourth-order valence-corrected chi connectivity index (χ4v) is 5.22. The van der Waals surface area contributed by atoms with Crippen LogP contribution in [0.4, 0.5) is 4.79 Å². The summed E-state index contributed by atoms with van der Waals surface area (Å²) in [6.45, 7) is 18.5. The molecule has 5 N–H and O–H groups in total. The Bertz CT molecular complexity index is 939. The van der Waals surface area contributed by atoms with E-state index in [0.717, 1.165) is 38.4 Å². The van der Waals surface area contributed by atoms with Gasteiger partial charge in [0.2, 0.25) is 17.6 Å². The lowest BCUT2D eigenvalue weighted by molar-refractivity contribution is -0.138. The molecule has 2 aliphatic carbocycles.